The Morgan fingerprint density at radius 3 is 2.71 bits per heavy atom. The van der Waals surface area contributed by atoms with E-state index in [1.54, 1.807) is 7.11 Å². The van der Waals surface area contributed by atoms with E-state index in [1.807, 2.05) is 0 Å². The van der Waals surface area contributed by atoms with Crippen LogP contribution in [0.2, 0.25) is 5.15 Å². The van der Waals surface area contributed by atoms with E-state index in [1.165, 1.54) is 6.33 Å². The van der Waals surface area contributed by atoms with Gasteiger partial charge in [-0.25, -0.2) is 9.97 Å². The van der Waals surface area contributed by atoms with Crippen molar-refractivity contribution in [2.75, 3.05) is 19.0 Å². The zero-order chi connectivity index (χ0) is 12.9. The Hall–Kier alpha value is -0.870. The monoisotopic (exact) mass is 257 g/mol. The lowest BCUT2D eigenvalue weighted by atomic mass is 10.1. The second kappa shape index (κ2) is 6.17. The number of ether oxygens (including phenoxy) is 1. The largest absolute Gasteiger partial charge is 0.382 e. The maximum absolute atomic E-state index is 6.09. The first-order valence-electron chi connectivity index (χ1n) is 5.76. The lowest BCUT2D eigenvalue weighted by Crippen LogP contribution is -2.36. The van der Waals surface area contributed by atoms with Gasteiger partial charge in [-0.15, -0.1) is 0 Å². The highest BCUT2D eigenvalue weighted by atomic mass is 35.5. The predicted molar refractivity (Wildman–Crippen MR) is 70.6 cm³/mol. The van der Waals surface area contributed by atoms with Gasteiger partial charge in [-0.2, -0.15) is 0 Å². The first-order valence-corrected chi connectivity index (χ1v) is 6.14. The number of aromatic nitrogens is 2. The molecule has 0 atom stereocenters. The van der Waals surface area contributed by atoms with Gasteiger partial charge in [0.25, 0.3) is 0 Å². The van der Waals surface area contributed by atoms with Crippen molar-refractivity contribution in [1.29, 1.82) is 0 Å². The molecule has 0 aliphatic rings. The minimum atomic E-state index is -0.186. The molecule has 1 rings (SSSR count). The summed E-state index contributed by atoms with van der Waals surface area (Å²) in [6, 6.07) is 0. The first-order chi connectivity index (χ1) is 8.00. The number of methoxy groups -OCH3 is 1. The third kappa shape index (κ3) is 4.13. The molecule has 0 aliphatic heterocycles. The Kier molecular flexibility index (Phi) is 5.15. The third-order valence-electron chi connectivity index (χ3n) is 2.35. The van der Waals surface area contributed by atoms with E-state index < -0.39 is 0 Å². The van der Waals surface area contributed by atoms with Gasteiger partial charge in [0, 0.05) is 12.7 Å². The number of hydrogen-bond acceptors (Lipinski definition) is 4. The van der Waals surface area contributed by atoms with Gasteiger partial charge in [-0.1, -0.05) is 24.9 Å². The maximum atomic E-state index is 6.09. The van der Waals surface area contributed by atoms with Gasteiger partial charge in [0.05, 0.1) is 12.1 Å². The van der Waals surface area contributed by atoms with E-state index >= 15 is 0 Å². The normalized spacial score (nSPS) is 11.6. The van der Waals surface area contributed by atoms with Crippen LogP contribution in [0.15, 0.2) is 6.33 Å². The van der Waals surface area contributed by atoms with Gasteiger partial charge >= 0.3 is 0 Å². The third-order valence-corrected chi connectivity index (χ3v) is 2.68. The van der Waals surface area contributed by atoms with Crippen LogP contribution in [0.3, 0.4) is 0 Å². The van der Waals surface area contributed by atoms with Gasteiger partial charge in [0.15, 0.2) is 0 Å². The summed E-state index contributed by atoms with van der Waals surface area (Å²) in [5.41, 5.74) is 0.787. The Morgan fingerprint density at radius 1 is 1.41 bits per heavy atom. The molecule has 0 spiro atoms. The molecule has 0 saturated heterocycles. The fourth-order valence-electron chi connectivity index (χ4n) is 1.69. The highest BCUT2D eigenvalue weighted by molar-refractivity contribution is 6.30. The van der Waals surface area contributed by atoms with Crippen molar-refractivity contribution in [3.05, 3.63) is 17.0 Å². The number of anilines is 1. The minimum absolute atomic E-state index is 0.186. The molecule has 0 unspecified atom stereocenters. The van der Waals surface area contributed by atoms with Crippen molar-refractivity contribution in [2.24, 2.45) is 0 Å². The summed E-state index contributed by atoms with van der Waals surface area (Å²) in [6.45, 7) is 6.82. The molecule has 4 nitrogen and oxygen atoms in total. The van der Waals surface area contributed by atoms with E-state index in [4.69, 9.17) is 16.3 Å². The molecule has 96 valence electrons. The predicted octanol–water partition coefficient (Wildman–Crippen LogP) is 2.92. The highest BCUT2D eigenvalue weighted by Gasteiger charge is 2.20. The molecule has 0 aromatic carbocycles. The van der Waals surface area contributed by atoms with Crippen molar-refractivity contribution in [3.63, 3.8) is 0 Å². The summed E-state index contributed by atoms with van der Waals surface area (Å²) in [5, 5.41) is 3.88. The number of nitrogens with zero attached hydrogens (tertiary/aromatic N) is 2. The van der Waals surface area contributed by atoms with E-state index in [-0.39, 0.29) is 5.54 Å². The molecule has 17 heavy (non-hydrogen) atoms. The van der Waals surface area contributed by atoms with Gasteiger partial charge in [-0.05, 0) is 20.3 Å². The van der Waals surface area contributed by atoms with Crippen LogP contribution in [0.5, 0.6) is 0 Å². The molecule has 0 aliphatic carbocycles. The average Bonchev–Trinajstić information content (AvgIpc) is 2.22. The second-order valence-electron chi connectivity index (χ2n) is 4.68. The number of hydrogen-bond donors (Lipinski definition) is 1. The molecular formula is C12H20ClN3O. The Morgan fingerprint density at radius 2 is 2.12 bits per heavy atom. The van der Waals surface area contributed by atoms with Gasteiger partial charge in [0.1, 0.15) is 17.3 Å². The number of rotatable bonds is 6. The van der Waals surface area contributed by atoms with Crippen LogP contribution in [0, 0.1) is 0 Å². The molecule has 1 heterocycles. The zero-order valence-corrected chi connectivity index (χ0v) is 11.6. The minimum Gasteiger partial charge on any atom is -0.382 e. The molecule has 0 radical (unpaired) electrons. The highest BCUT2D eigenvalue weighted by Crippen LogP contribution is 2.24. The van der Waals surface area contributed by atoms with Crippen molar-refractivity contribution < 1.29 is 4.74 Å². The fourth-order valence-corrected chi connectivity index (χ4v) is 1.92. The first kappa shape index (κ1) is 14.2. The van der Waals surface area contributed by atoms with E-state index in [9.17, 15) is 0 Å². The summed E-state index contributed by atoms with van der Waals surface area (Å²) < 4.78 is 5.17. The molecular weight excluding hydrogens is 238 g/mol. The van der Waals surface area contributed by atoms with Crippen LogP contribution in [-0.2, 0) is 11.2 Å². The summed E-state index contributed by atoms with van der Waals surface area (Å²) in [4.78, 5) is 8.28. The van der Waals surface area contributed by atoms with Crippen LogP contribution in [0.1, 0.15) is 32.8 Å². The lowest BCUT2D eigenvalue weighted by Gasteiger charge is -2.27. The van der Waals surface area contributed by atoms with E-state index in [0.29, 0.717) is 11.8 Å². The molecule has 1 aromatic heterocycles. The van der Waals surface area contributed by atoms with E-state index in [2.05, 4.69) is 36.1 Å². The van der Waals surface area contributed by atoms with Gasteiger partial charge < -0.3 is 10.1 Å². The van der Waals surface area contributed by atoms with E-state index in [0.717, 1.165) is 24.2 Å². The summed E-state index contributed by atoms with van der Waals surface area (Å²) in [6.07, 6.45) is 3.35. The summed E-state index contributed by atoms with van der Waals surface area (Å²) in [7, 11) is 1.68. The van der Waals surface area contributed by atoms with Gasteiger partial charge in [0.2, 0.25) is 0 Å². The summed E-state index contributed by atoms with van der Waals surface area (Å²) >= 11 is 6.09. The van der Waals surface area contributed by atoms with Crippen LogP contribution < -0.4 is 5.32 Å². The van der Waals surface area contributed by atoms with Crippen molar-refractivity contribution in [1.82, 2.24) is 9.97 Å². The lowest BCUT2D eigenvalue weighted by molar-refractivity contribution is 0.158. The van der Waals surface area contributed by atoms with Crippen LogP contribution in [-0.4, -0.2) is 29.2 Å². The SMILES string of the molecule is CCCc1c(Cl)ncnc1NC(C)(C)COC. The molecule has 0 fully saturated rings. The topological polar surface area (TPSA) is 47.0 Å². The summed E-state index contributed by atoms with van der Waals surface area (Å²) in [5.74, 6) is 0.800. The standard InChI is InChI=1S/C12H20ClN3O/c1-5-6-9-10(13)14-8-15-11(9)16-12(2,3)7-17-4/h8H,5-7H2,1-4H3,(H,14,15,16). The molecule has 1 N–H and O–H groups in total. The molecule has 0 bridgehead atoms. The Labute approximate surface area is 108 Å². The van der Waals surface area contributed by atoms with Crippen molar-refractivity contribution in [2.45, 2.75) is 39.2 Å². The molecule has 1 aromatic rings. The Bertz CT molecular complexity index is 369. The van der Waals surface area contributed by atoms with Crippen LogP contribution >= 0.6 is 11.6 Å². The smallest absolute Gasteiger partial charge is 0.137 e. The molecule has 0 saturated carbocycles. The second-order valence-corrected chi connectivity index (χ2v) is 5.04. The van der Waals surface area contributed by atoms with Crippen molar-refractivity contribution >= 4 is 17.4 Å². The zero-order valence-electron chi connectivity index (χ0n) is 10.9. The van der Waals surface area contributed by atoms with Crippen LogP contribution in [0.25, 0.3) is 0 Å². The Balaban J connectivity index is 2.93. The van der Waals surface area contributed by atoms with Crippen molar-refractivity contribution in [3.8, 4) is 0 Å². The number of halogens is 1. The fraction of sp³-hybridized carbons (Fsp3) is 0.667. The molecule has 5 heteroatoms. The maximum Gasteiger partial charge on any atom is 0.137 e. The number of nitrogens with one attached hydrogen (secondary N) is 1. The average molecular weight is 258 g/mol. The molecule has 0 amide bonds. The van der Waals surface area contributed by atoms with Gasteiger partial charge in [-0.3, -0.25) is 0 Å². The van der Waals surface area contributed by atoms with Crippen LogP contribution in [0.4, 0.5) is 5.82 Å². The quantitative estimate of drug-likeness (QED) is 0.796.